The van der Waals surface area contributed by atoms with E-state index in [0.717, 1.165) is 9.22 Å². The first-order chi connectivity index (χ1) is 10.2. The monoisotopic (exact) mass is 338 g/mol. The highest BCUT2D eigenvalue weighted by Gasteiger charge is 2.19. The Morgan fingerprint density at radius 2 is 2.29 bits per heavy atom. The molecule has 3 heterocycles. The van der Waals surface area contributed by atoms with Crippen LogP contribution in [0.25, 0.3) is 10.8 Å². The fourth-order valence-electron chi connectivity index (χ4n) is 1.61. The highest BCUT2D eigenvalue weighted by molar-refractivity contribution is 8.00. The minimum Gasteiger partial charge on any atom is -0.440 e. The van der Waals surface area contributed by atoms with Crippen molar-refractivity contribution in [2.75, 3.05) is 11.6 Å². The molecule has 0 saturated heterocycles. The van der Waals surface area contributed by atoms with Crippen LogP contribution in [0.4, 0.5) is 5.13 Å². The van der Waals surface area contributed by atoms with Gasteiger partial charge >= 0.3 is 0 Å². The van der Waals surface area contributed by atoms with Crippen molar-refractivity contribution in [3.63, 3.8) is 0 Å². The van der Waals surface area contributed by atoms with Crippen molar-refractivity contribution in [3.05, 3.63) is 29.0 Å². The van der Waals surface area contributed by atoms with Gasteiger partial charge in [0.25, 0.3) is 5.91 Å². The number of carbonyl (C=O) groups is 1. The van der Waals surface area contributed by atoms with E-state index in [1.165, 1.54) is 34.4 Å². The van der Waals surface area contributed by atoms with E-state index in [1.54, 1.807) is 6.92 Å². The number of rotatable bonds is 4. The van der Waals surface area contributed by atoms with Crippen molar-refractivity contribution in [1.82, 2.24) is 15.2 Å². The van der Waals surface area contributed by atoms with Gasteiger partial charge in [-0.25, -0.2) is 4.98 Å². The zero-order valence-electron chi connectivity index (χ0n) is 11.1. The quantitative estimate of drug-likeness (QED) is 0.579. The molecule has 0 fully saturated rings. The summed E-state index contributed by atoms with van der Waals surface area (Å²) in [5.41, 5.74) is 0.263. The Morgan fingerprint density at radius 3 is 2.95 bits per heavy atom. The van der Waals surface area contributed by atoms with Crippen LogP contribution in [0.1, 0.15) is 16.2 Å². The molecule has 21 heavy (non-hydrogen) atoms. The molecule has 1 N–H and O–H groups in total. The van der Waals surface area contributed by atoms with Gasteiger partial charge in [-0.15, -0.1) is 21.5 Å². The standard InChI is InChI=1S/C12H10N4O2S3/c1-6-8(13-10(18-6)7-4-3-5-20-7)9(17)14-11-15-16-12(19-2)21-11/h3-5H,1-2H3,(H,14,15,17). The molecule has 0 aliphatic rings. The zero-order valence-corrected chi connectivity index (χ0v) is 13.6. The first-order valence-corrected chi connectivity index (χ1v) is 8.79. The number of nitrogens with one attached hydrogen (secondary N) is 1. The molecule has 0 saturated carbocycles. The lowest BCUT2D eigenvalue weighted by Crippen LogP contribution is -2.13. The van der Waals surface area contributed by atoms with Gasteiger partial charge in [-0.1, -0.05) is 29.2 Å². The summed E-state index contributed by atoms with van der Waals surface area (Å²) in [6, 6.07) is 3.80. The Bertz CT molecular complexity index is 763. The molecule has 6 nitrogen and oxygen atoms in total. The maximum Gasteiger partial charge on any atom is 0.279 e. The van der Waals surface area contributed by atoms with E-state index >= 15 is 0 Å². The highest BCUT2D eigenvalue weighted by Crippen LogP contribution is 2.27. The molecule has 0 bridgehead atoms. The van der Waals surface area contributed by atoms with Crippen LogP contribution in [0.3, 0.4) is 0 Å². The fraction of sp³-hybridized carbons (Fsp3) is 0.167. The number of hydrogen-bond donors (Lipinski definition) is 1. The fourth-order valence-corrected chi connectivity index (χ4v) is 3.43. The van der Waals surface area contributed by atoms with Gasteiger partial charge in [-0.05, 0) is 24.6 Å². The average Bonchev–Trinajstić information content (AvgIpc) is 3.17. The van der Waals surface area contributed by atoms with Gasteiger partial charge in [0.1, 0.15) is 5.76 Å². The minimum absolute atomic E-state index is 0.263. The molecule has 0 aliphatic heterocycles. The first kappa shape index (κ1) is 14.2. The van der Waals surface area contributed by atoms with E-state index in [4.69, 9.17) is 4.42 Å². The second-order valence-corrected chi connectivity index (χ2v) is 6.91. The number of oxazole rings is 1. The number of amides is 1. The molecule has 0 aromatic carbocycles. The predicted molar refractivity (Wildman–Crippen MR) is 84.2 cm³/mol. The second-order valence-electron chi connectivity index (χ2n) is 3.93. The molecule has 0 unspecified atom stereocenters. The molecule has 1 amide bonds. The summed E-state index contributed by atoms with van der Waals surface area (Å²) < 4.78 is 6.34. The number of thiophene rings is 1. The molecule has 9 heteroatoms. The van der Waals surface area contributed by atoms with Gasteiger partial charge in [0.2, 0.25) is 11.0 Å². The van der Waals surface area contributed by atoms with Crippen molar-refractivity contribution >= 4 is 45.5 Å². The maximum atomic E-state index is 12.2. The Kier molecular flexibility index (Phi) is 4.04. The van der Waals surface area contributed by atoms with Gasteiger partial charge in [0.05, 0.1) is 4.88 Å². The van der Waals surface area contributed by atoms with Crippen molar-refractivity contribution in [1.29, 1.82) is 0 Å². The molecule has 3 aromatic heterocycles. The number of anilines is 1. The third-order valence-electron chi connectivity index (χ3n) is 2.55. The average molecular weight is 338 g/mol. The Hall–Kier alpha value is -1.71. The largest absolute Gasteiger partial charge is 0.440 e. The van der Waals surface area contributed by atoms with Gasteiger partial charge < -0.3 is 4.42 Å². The number of aromatic nitrogens is 3. The van der Waals surface area contributed by atoms with Crippen molar-refractivity contribution in [2.45, 2.75) is 11.3 Å². The zero-order chi connectivity index (χ0) is 14.8. The van der Waals surface area contributed by atoms with E-state index in [9.17, 15) is 4.79 Å². The van der Waals surface area contributed by atoms with Crippen LogP contribution in [-0.2, 0) is 0 Å². The smallest absolute Gasteiger partial charge is 0.279 e. The molecule has 3 aromatic rings. The van der Waals surface area contributed by atoms with E-state index in [0.29, 0.717) is 16.8 Å². The molecule has 3 rings (SSSR count). The lowest BCUT2D eigenvalue weighted by atomic mass is 10.3. The maximum absolute atomic E-state index is 12.2. The number of carbonyl (C=O) groups excluding carboxylic acids is 1. The summed E-state index contributed by atoms with van der Waals surface area (Å²) in [6.07, 6.45) is 1.90. The van der Waals surface area contributed by atoms with Crippen LogP contribution >= 0.6 is 34.4 Å². The molecule has 0 spiro atoms. The van der Waals surface area contributed by atoms with E-state index in [-0.39, 0.29) is 11.6 Å². The van der Waals surface area contributed by atoms with Gasteiger partial charge in [0.15, 0.2) is 10.0 Å². The normalized spacial score (nSPS) is 10.8. The summed E-state index contributed by atoms with van der Waals surface area (Å²) in [5.74, 6) is 0.586. The Labute approximate surface area is 132 Å². The van der Waals surface area contributed by atoms with Gasteiger partial charge in [-0.3, -0.25) is 10.1 Å². The highest BCUT2D eigenvalue weighted by atomic mass is 32.2. The lowest BCUT2D eigenvalue weighted by molar-refractivity contribution is 0.102. The molecular formula is C12H10N4O2S3. The number of hydrogen-bond acceptors (Lipinski definition) is 8. The summed E-state index contributed by atoms with van der Waals surface area (Å²) in [5, 5.41) is 12.9. The van der Waals surface area contributed by atoms with Crippen molar-refractivity contribution < 1.29 is 9.21 Å². The number of aryl methyl sites for hydroxylation is 1. The van der Waals surface area contributed by atoms with Crippen LogP contribution in [-0.4, -0.2) is 27.3 Å². The van der Waals surface area contributed by atoms with Gasteiger partial charge in [0, 0.05) is 0 Å². The summed E-state index contributed by atoms with van der Waals surface area (Å²) in [6.45, 7) is 1.71. The summed E-state index contributed by atoms with van der Waals surface area (Å²) in [4.78, 5) is 17.4. The minimum atomic E-state index is -0.345. The third kappa shape index (κ3) is 2.99. The molecule has 0 aliphatic carbocycles. The van der Waals surface area contributed by atoms with Crippen LogP contribution in [0, 0.1) is 6.92 Å². The van der Waals surface area contributed by atoms with E-state index in [1.807, 2.05) is 23.8 Å². The van der Waals surface area contributed by atoms with Gasteiger partial charge in [-0.2, -0.15) is 0 Å². The van der Waals surface area contributed by atoms with Crippen LogP contribution in [0.5, 0.6) is 0 Å². The van der Waals surface area contributed by atoms with Crippen molar-refractivity contribution in [3.8, 4) is 10.8 Å². The number of nitrogens with zero attached hydrogens (tertiary/aromatic N) is 3. The molecular weight excluding hydrogens is 328 g/mol. The Morgan fingerprint density at radius 1 is 1.43 bits per heavy atom. The van der Waals surface area contributed by atoms with Crippen molar-refractivity contribution in [2.24, 2.45) is 0 Å². The summed E-state index contributed by atoms with van der Waals surface area (Å²) >= 11 is 4.31. The lowest BCUT2D eigenvalue weighted by Gasteiger charge is -1.96. The first-order valence-electron chi connectivity index (χ1n) is 5.87. The van der Waals surface area contributed by atoms with Crippen LogP contribution in [0.2, 0.25) is 0 Å². The predicted octanol–water partition coefficient (Wildman–Crippen LogP) is 3.54. The molecule has 0 radical (unpaired) electrons. The molecule has 108 valence electrons. The number of thioether (sulfide) groups is 1. The second kappa shape index (κ2) is 5.96. The van der Waals surface area contributed by atoms with Crippen LogP contribution < -0.4 is 5.32 Å². The topological polar surface area (TPSA) is 80.9 Å². The van der Waals surface area contributed by atoms with E-state index < -0.39 is 0 Å². The third-order valence-corrected chi connectivity index (χ3v) is 5.22. The molecule has 0 atom stereocenters. The Balaban J connectivity index is 1.81. The summed E-state index contributed by atoms with van der Waals surface area (Å²) in [7, 11) is 0. The van der Waals surface area contributed by atoms with Crippen LogP contribution in [0.15, 0.2) is 26.3 Å². The van der Waals surface area contributed by atoms with E-state index in [2.05, 4.69) is 20.5 Å². The SMILES string of the molecule is CSc1nnc(NC(=O)c2nc(-c3cccs3)oc2C)s1.